The van der Waals surface area contributed by atoms with E-state index in [4.69, 9.17) is 14.2 Å². The molecule has 220 valence electrons. The maximum Gasteiger partial charge on any atom is 0.151 e. The molecule has 0 atom stereocenters. The molecule has 6 aromatic carbocycles. The molecule has 0 unspecified atom stereocenters. The van der Waals surface area contributed by atoms with Gasteiger partial charge in [-0.1, -0.05) is 78.9 Å². The average Bonchev–Trinajstić information content (AvgIpc) is 3.11. The van der Waals surface area contributed by atoms with E-state index in [1.807, 2.05) is 72.8 Å². The lowest BCUT2D eigenvalue weighted by Crippen LogP contribution is -2.15. The molecule has 6 aromatic rings. The molecule has 46 heavy (non-hydrogen) atoms. The van der Waals surface area contributed by atoms with Gasteiger partial charge in [0.05, 0.1) is 17.1 Å². The summed E-state index contributed by atoms with van der Waals surface area (Å²) in [5, 5.41) is 3.48. The van der Waals surface area contributed by atoms with Gasteiger partial charge in [-0.15, -0.1) is 0 Å². The number of rotatable bonds is 2. The van der Waals surface area contributed by atoms with Crippen molar-refractivity contribution in [2.45, 2.75) is 0 Å². The van der Waals surface area contributed by atoms with Crippen LogP contribution in [-0.2, 0) is 0 Å². The Bertz CT molecular complexity index is 2170. The Morgan fingerprint density at radius 2 is 1.00 bits per heavy atom. The maximum atomic E-state index is 6.94. The minimum atomic E-state index is 0.723. The summed E-state index contributed by atoms with van der Waals surface area (Å²) in [6.07, 6.45) is 6.28. The maximum absolute atomic E-state index is 6.94. The highest BCUT2D eigenvalue weighted by Crippen LogP contribution is 2.53. The molecule has 0 aromatic heterocycles. The Kier molecular flexibility index (Phi) is 6.13. The fraction of sp³-hybridized carbons (Fsp3) is 0.0244. The second-order valence-corrected chi connectivity index (χ2v) is 11.4. The molecule has 0 amide bonds. The Labute approximate surface area is 267 Å². The summed E-state index contributed by atoms with van der Waals surface area (Å²) >= 11 is 0. The van der Waals surface area contributed by atoms with Crippen LogP contribution in [0, 0.1) is 0 Å². The third kappa shape index (κ3) is 4.41. The van der Waals surface area contributed by atoms with E-state index in [2.05, 4.69) is 89.1 Å². The van der Waals surface area contributed by atoms with Gasteiger partial charge in [0.25, 0.3) is 0 Å². The fourth-order valence-electron chi connectivity index (χ4n) is 6.39. The van der Waals surface area contributed by atoms with Gasteiger partial charge in [0.2, 0.25) is 0 Å². The average molecular weight is 597 g/mol. The van der Waals surface area contributed by atoms with Crippen LogP contribution in [0.4, 0.5) is 17.1 Å². The smallest absolute Gasteiger partial charge is 0.151 e. The van der Waals surface area contributed by atoms with Gasteiger partial charge < -0.3 is 24.4 Å². The van der Waals surface area contributed by atoms with Crippen LogP contribution in [0.25, 0.3) is 28.0 Å². The standard InChI is InChI=1S/C41H28N2O3/c1-5-16-36-29(11-1)30-12-2-6-17-37(30)45-41-26-28(43-34-14-3-7-18-38(34)46-39-19-8-4-15-35(39)43)21-23-32(41)31-22-20-27(25-40(31)44-36)33-13-9-10-24-42-33/h1-23,25-26,42H,24H2. The number of ether oxygens (including phenoxy) is 3. The third-order valence-electron chi connectivity index (χ3n) is 8.55. The molecule has 9 rings (SSSR count). The molecular formula is C41H28N2O3. The Hall–Kier alpha value is -6.20. The lowest BCUT2D eigenvalue weighted by Gasteiger charge is -2.33. The number of anilines is 3. The topological polar surface area (TPSA) is 43.0 Å². The monoisotopic (exact) mass is 596 g/mol. The van der Waals surface area contributed by atoms with E-state index in [1.165, 1.54) is 0 Å². The highest BCUT2D eigenvalue weighted by atomic mass is 16.5. The number of nitrogens with one attached hydrogen (secondary N) is 1. The van der Waals surface area contributed by atoms with E-state index >= 15 is 0 Å². The SMILES string of the molecule is C1=CCNC(c2ccc3c(c2)Oc2ccccc2-c2ccccc2Oc2cc(N4c5ccccc5Oc5ccccc54)ccc2-3)=C1. The van der Waals surface area contributed by atoms with E-state index in [-0.39, 0.29) is 0 Å². The molecule has 5 nitrogen and oxygen atoms in total. The van der Waals surface area contributed by atoms with Crippen molar-refractivity contribution >= 4 is 22.8 Å². The Balaban J connectivity index is 1.27. The van der Waals surface area contributed by atoms with Crippen LogP contribution in [0.5, 0.6) is 34.5 Å². The molecular weight excluding hydrogens is 568 g/mol. The highest BCUT2D eigenvalue weighted by Gasteiger charge is 2.27. The van der Waals surface area contributed by atoms with Crippen molar-refractivity contribution in [1.82, 2.24) is 5.32 Å². The quantitative estimate of drug-likeness (QED) is 0.215. The molecule has 3 aliphatic heterocycles. The minimum absolute atomic E-state index is 0.723. The van der Waals surface area contributed by atoms with Crippen molar-refractivity contribution < 1.29 is 14.2 Å². The number of hydrogen-bond donors (Lipinski definition) is 1. The van der Waals surface area contributed by atoms with Crippen molar-refractivity contribution in [2.24, 2.45) is 0 Å². The summed E-state index contributed by atoms with van der Waals surface area (Å²) < 4.78 is 20.1. The van der Waals surface area contributed by atoms with E-state index in [1.54, 1.807) is 0 Å². The molecule has 0 aliphatic carbocycles. The zero-order valence-electron chi connectivity index (χ0n) is 24.8. The number of para-hydroxylation sites is 6. The molecule has 3 aliphatic rings. The summed E-state index contributed by atoms with van der Waals surface area (Å²) in [7, 11) is 0. The normalized spacial score (nSPS) is 13.8. The summed E-state index contributed by atoms with van der Waals surface area (Å²) in [5.74, 6) is 4.60. The number of hydrogen-bond acceptors (Lipinski definition) is 5. The van der Waals surface area contributed by atoms with Crippen LogP contribution in [0.2, 0.25) is 0 Å². The van der Waals surface area contributed by atoms with E-state index in [0.29, 0.717) is 0 Å². The molecule has 1 N–H and O–H groups in total. The first-order valence-corrected chi connectivity index (χ1v) is 15.4. The number of allylic oxidation sites excluding steroid dienone is 2. The van der Waals surface area contributed by atoms with Gasteiger partial charge in [0.1, 0.15) is 23.0 Å². The summed E-state index contributed by atoms with van der Waals surface area (Å²) in [4.78, 5) is 2.23. The lowest BCUT2D eigenvalue weighted by molar-refractivity contribution is 0.471. The Morgan fingerprint density at radius 3 is 1.63 bits per heavy atom. The highest BCUT2D eigenvalue weighted by molar-refractivity contribution is 5.89. The van der Waals surface area contributed by atoms with E-state index in [9.17, 15) is 0 Å². The molecule has 0 bridgehead atoms. The van der Waals surface area contributed by atoms with Gasteiger partial charge >= 0.3 is 0 Å². The minimum Gasteiger partial charge on any atom is -0.456 e. The van der Waals surface area contributed by atoms with Crippen LogP contribution < -0.4 is 24.4 Å². The molecule has 0 fully saturated rings. The number of nitrogens with zero attached hydrogens (tertiary/aromatic N) is 1. The summed E-state index contributed by atoms with van der Waals surface area (Å²) in [6, 6.07) is 45.3. The fourth-order valence-corrected chi connectivity index (χ4v) is 6.39. The van der Waals surface area contributed by atoms with Crippen molar-refractivity contribution in [3.05, 3.63) is 157 Å². The summed E-state index contributed by atoms with van der Waals surface area (Å²) in [5.41, 5.74) is 8.78. The largest absolute Gasteiger partial charge is 0.456 e. The van der Waals surface area contributed by atoms with Gasteiger partial charge in [-0.3, -0.25) is 0 Å². The zero-order valence-corrected chi connectivity index (χ0v) is 24.8. The van der Waals surface area contributed by atoms with Crippen LogP contribution in [0.3, 0.4) is 0 Å². The van der Waals surface area contributed by atoms with Gasteiger partial charge in [-0.2, -0.15) is 0 Å². The first-order chi connectivity index (χ1) is 22.8. The van der Waals surface area contributed by atoms with Crippen LogP contribution >= 0.6 is 0 Å². The molecule has 0 saturated heterocycles. The number of dihydropyridines is 1. The van der Waals surface area contributed by atoms with Gasteiger partial charge in [0.15, 0.2) is 11.5 Å². The molecule has 0 saturated carbocycles. The van der Waals surface area contributed by atoms with Gasteiger partial charge in [-0.25, -0.2) is 0 Å². The third-order valence-corrected chi connectivity index (χ3v) is 8.55. The second-order valence-electron chi connectivity index (χ2n) is 11.4. The predicted molar refractivity (Wildman–Crippen MR) is 184 cm³/mol. The van der Waals surface area contributed by atoms with Crippen LogP contribution in [-0.4, -0.2) is 6.54 Å². The molecule has 0 radical (unpaired) electrons. The number of fused-ring (bicyclic) bond motifs is 8. The second kappa shape index (κ2) is 10.8. The molecule has 0 spiro atoms. The summed E-state index contributed by atoms with van der Waals surface area (Å²) in [6.45, 7) is 0.788. The first-order valence-electron chi connectivity index (χ1n) is 15.4. The number of benzene rings is 6. The lowest BCUT2D eigenvalue weighted by atomic mass is 9.98. The van der Waals surface area contributed by atoms with Gasteiger partial charge in [-0.05, 0) is 66.7 Å². The van der Waals surface area contributed by atoms with Gasteiger partial charge in [0, 0.05) is 46.1 Å². The van der Waals surface area contributed by atoms with E-state index < -0.39 is 0 Å². The molecule has 3 heterocycles. The van der Waals surface area contributed by atoms with Crippen molar-refractivity contribution in [1.29, 1.82) is 0 Å². The zero-order chi connectivity index (χ0) is 30.5. The van der Waals surface area contributed by atoms with Crippen molar-refractivity contribution in [3.63, 3.8) is 0 Å². The van der Waals surface area contributed by atoms with Crippen LogP contribution in [0.1, 0.15) is 5.56 Å². The molecule has 5 heteroatoms. The first kappa shape index (κ1) is 26.2. The van der Waals surface area contributed by atoms with Crippen LogP contribution in [0.15, 0.2) is 152 Å². The van der Waals surface area contributed by atoms with Crippen molar-refractivity contribution in [2.75, 3.05) is 11.4 Å². The predicted octanol–water partition coefficient (Wildman–Crippen LogP) is 11.0. The van der Waals surface area contributed by atoms with E-state index in [0.717, 1.165) is 91.6 Å². The Morgan fingerprint density at radius 1 is 0.478 bits per heavy atom. The van der Waals surface area contributed by atoms with Crippen molar-refractivity contribution in [3.8, 4) is 56.8 Å².